The van der Waals surface area contributed by atoms with Gasteiger partial charge in [-0.1, -0.05) is 0 Å². The Hall–Kier alpha value is -0.920. The number of hydrogen-bond acceptors (Lipinski definition) is 5. The minimum Gasteiger partial charge on any atom is -0.339 e. The lowest BCUT2D eigenvalue weighted by Gasteiger charge is -2.32. The normalized spacial score (nSPS) is 20.1. The monoisotopic (exact) mass is 318 g/mol. The predicted octanol–water partition coefficient (Wildman–Crippen LogP) is 0.994. The van der Waals surface area contributed by atoms with Crippen molar-refractivity contribution in [2.24, 2.45) is 0 Å². The maximum Gasteiger partial charge on any atom is 0.225 e. The number of nitrogens with one attached hydrogen (secondary N) is 1. The predicted molar refractivity (Wildman–Crippen MR) is 79.5 cm³/mol. The van der Waals surface area contributed by atoms with Crippen molar-refractivity contribution in [3.8, 4) is 0 Å². The third kappa shape index (κ3) is 4.57. The fourth-order valence-electron chi connectivity index (χ4n) is 2.27. The van der Waals surface area contributed by atoms with E-state index in [2.05, 4.69) is 14.7 Å². The third-order valence-corrected chi connectivity index (χ3v) is 4.94. The van der Waals surface area contributed by atoms with Crippen molar-refractivity contribution in [3.05, 3.63) is 18.5 Å². The van der Waals surface area contributed by atoms with Crippen molar-refractivity contribution in [2.75, 3.05) is 29.6 Å². The topological polar surface area (TPSA) is 75.2 Å². The van der Waals surface area contributed by atoms with Gasteiger partial charge in [-0.25, -0.2) is 23.1 Å². The van der Waals surface area contributed by atoms with Gasteiger partial charge in [-0.2, -0.15) is 0 Å². The van der Waals surface area contributed by atoms with Gasteiger partial charge in [0.05, 0.1) is 5.75 Å². The molecule has 0 saturated carbocycles. The Morgan fingerprint density at radius 1 is 1.40 bits per heavy atom. The molecule has 0 spiro atoms. The van der Waals surface area contributed by atoms with Crippen LogP contribution in [0.25, 0.3) is 0 Å². The minimum atomic E-state index is -3.25. The molecule has 2 rings (SSSR count). The summed E-state index contributed by atoms with van der Waals surface area (Å²) in [4.78, 5) is 10.4. The molecule has 1 atom stereocenters. The van der Waals surface area contributed by atoms with Crippen LogP contribution in [0.4, 0.5) is 5.95 Å². The molecule has 1 aliphatic rings. The standard InChI is InChI=1S/C12H19ClN4O2S/c13-5-2-9-20(18,19)16-11-4-1-8-17(10-11)12-14-6-3-7-15-12/h3,6-7,11,16H,1-2,4-5,8-10H2. The highest BCUT2D eigenvalue weighted by atomic mass is 35.5. The Labute approximate surface area is 124 Å². The van der Waals surface area contributed by atoms with Gasteiger partial charge in [0.2, 0.25) is 16.0 Å². The molecular formula is C12H19ClN4O2S. The molecular weight excluding hydrogens is 300 g/mol. The SMILES string of the molecule is O=S(=O)(CCCCl)NC1CCCN(c2ncccn2)C1. The van der Waals surface area contributed by atoms with Crippen molar-refractivity contribution >= 4 is 27.6 Å². The summed E-state index contributed by atoms with van der Waals surface area (Å²) in [6, 6.07) is 1.67. The highest BCUT2D eigenvalue weighted by molar-refractivity contribution is 7.89. The van der Waals surface area contributed by atoms with E-state index in [1.54, 1.807) is 18.5 Å². The summed E-state index contributed by atoms with van der Waals surface area (Å²) in [6.45, 7) is 1.45. The number of aromatic nitrogens is 2. The molecule has 1 aromatic rings. The number of anilines is 1. The van der Waals surface area contributed by atoms with Crippen LogP contribution in [-0.4, -0.2) is 49.1 Å². The first-order chi connectivity index (χ1) is 9.61. The first-order valence-corrected chi connectivity index (χ1v) is 8.87. The quantitative estimate of drug-likeness (QED) is 0.792. The number of hydrogen-bond donors (Lipinski definition) is 1. The second-order valence-electron chi connectivity index (χ2n) is 4.81. The van der Waals surface area contributed by atoms with Crippen LogP contribution in [0.1, 0.15) is 19.3 Å². The maximum absolute atomic E-state index is 11.9. The zero-order chi connectivity index (χ0) is 14.4. The van der Waals surface area contributed by atoms with Gasteiger partial charge >= 0.3 is 0 Å². The molecule has 1 aliphatic heterocycles. The minimum absolute atomic E-state index is 0.0782. The number of rotatable bonds is 6. The van der Waals surface area contributed by atoms with E-state index in [0.717, 1.165) is 19.4 Å². The van der Waals surface area contributed by atoms with Crippen LogP contribution in [0.2, 0.25) is 0 Å². The zero-order valence-corrected chi connectivity index (χ0v) is 12.8. The highest BCUT2D eigenvalue weighted by Gasteiger charge is 2.25. The van der Waals surface area contributed by atoms with Crippen LogP contribution in [0, 0.1) is 0 Å². The summed E-state index contributed by atoms with van der Waals surface area (Å²) in [6.07, 6.45) is 5.60. The zero-order valence-electron chi connectivity index (χ0n) is 11.2. The molecule has 6 nitrogen and oxygen atoms in total. The first-order valence-electron chi connectivity index (χ1n) is 6.68. The van der Waals surface area contributed by atoms with Crippen LogP contribution < -0.4 is 9.62 Å². The van der Waals surface area contributed by atoms with Crippen molar-refractivity contribution in [1.82, 2.24) is 14.7 Å². The van der Waals surface area contributed by atoms with Gasteiger partial charge < -0.3 is 4.90 Å². The van der Waals surface area contributed by atoms with Gasteiger partial charge in [-0.05, 0) is 25.3 Å². The lowest BCUT2D eigenvalue weighted by molar-refractivity contribution is 0.461. The lowest BCUT2D eigenvalue weighted by Crippen LogP contribution is -2.48. The molecule has 0 aromatic carbocycles. The molecule has 0 aliphatic carbocycles. The second kappa shape index (κ2) is 7.19. The summed E-state index contributed by atoms with van der Waals surface area (Å²) < 4.78 is 26.5. The van der Waals surface area contributed by atoms with Crippen LogP contribution in [0.3, 0.4) is 0 Å². The first kappa shape index (κ1) is 15.5. The number of sulfonamides is 1. The average Bonchev–Trinajstić information content (AvgIpc) is 2.46. The molecule has 1 saturated heterocycles. The fraction of sp³-hybridized carbons (Fsp3) is 0.667. The summed E-state index contributed by atoms with van der Waals surface area (Å²) in [5, 5.41) is 0. The van der Waals surface area contributed by atoms with Crippen molar-refractivity contribution in [3.63, 3.8) is 0 Å². The van der Waals surface area contributed by atoms with E-state index in [1.807, 2.05) is 4.90 Å². The molecule has 112 valence electrons. The van der Waals surface area contributed by atoms with E-state index in [9.17, 15) is 8.42 Å². The lowest BCUT2D eigenvalue weighted by atomic mass is 10.1. The van der Waals surface area contributed by atoms with Gasteiger partial charge in [-0.15, -0.1) is 11.6 Å². The Balaban J connectivity index is 1.94. The summed E-state index contributed by atoms with van der Waals surface area (Å²) in [7, 11) is -3.25. The molecule has 0 bridgehead atoms. The molecule has 8 heteroatoms. The molecule has 1 fully saturated rings. The number of alkyl halides is 1. The molecule has 1 N–H and O–H groups in total. The molecule has 0 amide bonds. The van der Waals surface area contributed by atoms with Gasteiger partial charge in [-0.3, -0.25) is 0 Å². The molecule has 1 unspecified atom stereocenters. The number of nitrogens with zero attached hydrogens (tertiary/aromatic N) is 3. The number of piperidine rings is 1. The van der Waals surface area contributed by atoms with Crippen molar-refractivity contribution in [1.29, 1.82) is 0 Å². The van der Waals surface area contributed by atoms with E-state index < -0.39 is 10.0 Å². The Morgan fingerprint density at radius 2 is 2.15 bits per heavy atom. The number of halogens is 1. The van der Waals surface area contributed by atoms with Gasteiger partial charge in [0.25, 0.3) is 0 Å². The van der Waals surface area contributed by atoms with Crippen LogP contribution in [0.5, 0.6) is 0 Å². The van der Waals surface area contributed by atoms with Crippen molar-refractivity contribution in [2.45, 2.75) is 25.3 Å². The fourth-order valence-corrected chi connectivity index (χ4v) is 3.90. The smallest absolute Gasteiger partial charge is 0.225 e. The Kier molecular flexibility index (Phi) is 5.56. The second-order valence-corrected chi connectivity index (χ2v) is 7.06. The van der Waals surface area contributed by atoms with Crippen LogP contribution >= 0.6 is 11.6 Å². The van der Waals surface area contributed by atoms with E-state index in [-0.39, 0.29) is 11.8 Å². The average molecular weight is 319 g/mol. The van der Waals surface area contributed by atoms with Gasteiger partial charge in [0.15, 0.2) is 0 Å². The summed E-state index contributed by atoms with van der Waals surface area (Å²) >= 11 is 5.54. The molecule has 2 heterocycles. The highest BCUT2D eigenvalue weighted by Crippen LogP contribution is 2.15. The van der Waals surface area contributed by atoms with E-state index in [1.165, 1.54) is 0 Å². The summed E-state index contributed by atoms with van der Waals surface area (Å²) in [5.74, 6) is 1.09. The van der Waals surface area contributed by atoms with E-state index in [4.69, 9.17) is 11.6 Å². The van der Waals surface area contributed by atoms with Crippen LogP contribution in [0.15, 0.2) is 18.5 Å². The van der Waals surface area contributed by atoms with Crippen LogP contribution in [-0.2, 0) is 10.0 Å². The summed E-state index contributed by atoms with van der Waals surface area (Å²) in [5.41, 5.74) is 0. The largest absolute Gasteiger partial charge is 0.339 e. The van der Waals surface area contributed by atoms with Gasteiger partial charge in [0, 0.05) is 37.4 Å². The van der Waals surface area contributed by atoms with E-state index in [0.29, 0.717) is 24.8 Å². The third-order valence-electron chi connectivity index (χ3n) is 3.15. The molecule has 0 radical (unpaired) electrons. The van der Waals surface area contributed by atoms with E-state index >= 15 is 0 Å². The van der Waals surface area contributed by atoms with Gasteiger partial charge in [0.1, 0.15) is 0 Å². The molecule has 20 heavy (non-hydrogen) atoms. The Morgan fingerprint density at radius 3 is 2.85 bits per heavy atom. The van der Waals surface area contributed by atoms with Crippen molar-refractivity contribution < 1.29 is 8.42 Å². The molecule has 1 aromatic heterocycles. The Bertz CT molecular complexity index is 511. The maximum atomic E-state index is 11.9.